The van der Waals surface area contributed by atoms with Crippen molar-refractivity contribution in [3.63, 3.8) is 0 Å². The Labute approximate surface area is 262 Å². The van der Waals surface area contributed by atoms with E-state index >= 15 is 0 Å². The van der Waals surface area contributed by atoms with E-state index in [-0.39, 0.29) is 24.5 Å². The van der Waals surface area contributed by atoms with Crippen LogP contribution < -0.4 is 5.32 Å². The summed E-state index contributed by atoms with van der Waals surface area (Å²) in [5.74, 6) is 4.66. The summed E-state index contributed by atoms with van der Waals surface area (Å²) in [5.41, 5.74) is 0.390. The number of nitrogens with one attached hydrogen (secondary N) is 1. The fourth-order valence-corrected chi connectivity index (χ4v) is 11.6. The van der Waals surface area contributed by atoms with E-state index in [2.05, 4.69) is 33.0 Å². The Balaban J connectivity index is 1.07. The highest BCUT2D eigenvalue weighted by atomic mass is 16.7. The number of carbonyl (C=O) groups is 1. The number of hydrogen-bond donors (Lipinski definition) is 2. The molecule has 43 heavy (non-hydrogen) atoms. The van der Waals surface area contributed by atoms with Crippen molar-refractivity contribution in [1.29, 1.82) is 0 Å². The van der Waals surface area contributed by atoms with Gasteiger partial charge in [0.05, 0.1) is 19.3 Å². The Morgan fingerprint density at radius 2 is 1.86 bits per heavy atom. The minimum absolute atomic E-state index is 0.0497. The first-order valence-electron chi connectivity index (χ1n) is 18.8. The lowest BCUT2D eigenvalue weighted by Crippen LogP contribution is -2.51. The van der Waals surface area contributed by atoms with E-state index < -0.39 is 0 Å². The Bertz CT molecular complexity index is 930. The zero-order chi connectivity index (χ0) is 30.2. The molecule has 2 amide bonds. The van der Waals surface area contributed by atoms with Gasteiger partial charge < -0.3 is 24.8 Å². The quantitative estimate of drug-likeness (QED) is 0.282. The fourth-order valence-electron chi connectivity index (χ4n) is 11.6. The van der Waals surface area contributed by atoms with Gasteiger partial charge in [-0.1, -0.05) is 66.2 Å². The number of urea groups is 1. The summed E-state index contributed by atoms with van der Waals surface area (Å²) in [4.78, 5) is 15.5. The Hall–Kier alpha value is -0.850. The molecule has 1 spiro atoms. The summed E-state index contributed by atoms with van der Waals surface area (Å²) in [6.07, 6.45) is 21.0. The first-order valence-corrected chi connectivity index (χ1v) is 18.8. The summed E-state index contributed by atoms with van der Waals surface area (Å²) in [7, 11) is 0. The lowest BCUT2D eigenvalue weighted by molar-refractivity contribution is -0.272. The number of hydrogen-bond acceptors (Lipinski definition) is 4. The number of amides is 2. The van der Waals surface area contributed by atoms with Crippen LogP contribution in [0.3, 0.4) is 0 Å². The van der Waals surface area contributed by atoms with Crippen LogP contribution in [0, 0.1) is 46.8 Å². The lowest BCUT2D eigenvalue weighted by atomic mass is 9.52. The van der Waals surface area contributed by atoms with Gasteiger partial charge in [0.25, 0.3) is 0 Å². The number of nitrogens with zero attached hydrogens (tertiary/aromatic N) is 1. The number of aliphatic hydroxyl groups is 1. The second kappa shape index (κ2) is 13.5. The molecule has 2 heterocycles. The predicted octanol–water partition coefficient (Wildman–Crippen LogP) is 7.92. The van der Waals surface area contributed by atoms with Gasteiger partial charge in [-0.25, -0.2) is 4.79 Å². The summed E-state index contributed by atoms with van der Waals surface area (Å²) in [5, 5.41) is 13.3. The van der Waals surface area contributed by atoms with Crippen molar-refractivity contribution in [3.8, 4) is 0 Å². The number of aliphatic hydroxyl groups excluding tert-OH is 1. The van der Waals surface area contributed by atoms with Crippen LogP contribution in [0.25, 0.3) is 0 Å². The van der Waals surface area contributed by atoms with E-state index in [9.17, 15) is 9.90 Å². The average Bonchev–Trinajstić information content (AvgIpc) is 3.46. The fraction of sp³-hybridized carbons (Fsp3) is 0.973. The smallest absolute Gasteiger partial charge is 0.317 e. The van der Waals surface area contributed by atoms with Gasteiger partial charge in [0.1, 0.15) is 0 Å². The maximum Gasteiger partial charge on any atom is 0.317 e. The third kappa shape index (κ3) is 6.29. The van der Waals surface area contributed by atoms with Gasteiger partial charge in [0.2, 0.25) is 0 Å². The standard InChI is InChI=1S/C37H64N2O4/c1-5-6-10-29(38-35(41)39(19-20-40)30-11-8-7-9-12-30)22-27-13-14-31-28(21-27)16-17-36(4)32(31)23-33-34(36)26(3)37(43-33)18-15-25(2)24-42-37/h25-34,40H,5-24H2,1-4H3,(H,38,41)/t25-,26-,27-,28+,29+,31+,32-,33-,34-,36-,37+/m0/s1. The third-order valence-electron chi connectivity index (χ3n) is 13.9. The normalized spacial score (nSPS) is 43.6. The molecule has 0 aromatic rings. The highest BCUT2D eigenvalue weighted by Crippen LogP contribution is 2.68. The Kier molecular flexibility index (Phi) is 10.1. The van der Waals surface area contributed by atoms with Crippen molar-refractivity contribution in [2.24, 2.45) is 46.8 Å². The van der Waals surface area contributed by atoms with E-state index in [0.29, 0.717) is 47.8 Å². The summed E-state index contributed by atoms with van der Waals surface area (Å²) in [6, 6.07) is 0.618. The second-order valence-electron chi connectivity index (χ2n) is 16.5. The highest BCUT2D eigenvalue weighted by molar-refractivity contribution is 5.75. The second-order valence-corrected chi connectivity index (χ2v) is 16.5. The molecule has 0 aromatic heterocycles. The Morgan fingerprint density at radius 1 is 1.05 bits per heavy atom. The summed E-state index contributed by atoms with van der Waals surface area (Å²) < 4.78 is 13.5. The van der Waals surface area contributed by atoms with Crippen LogP contribution in [-0.4, -0.2) is 59.8 Å². The molecule has 11 atom stereocenters. The molecule has 4 saturated carbocycles. The Morgan fingerprint density at radius 3 is 2.58 bits per heavy atom. The zero-order valence-corrected chi connectivity index (χ0v) is 28.0. The predicted molar refractivity (Wildman–Crippen MR) is 172 cm³/mol. The molecular formula is C37H64N2O4. The number of carbonyl (C=O) groups excluding carboxylic acids is 1. The number of ether oxygens (including phenoxy) is 2. The van der Waals surface area contributed by atoms with Gasteiger partial charge in [0.15, 0.2) is 5.79 Å². The van der Waals surface area contributed by atoms with Crippen molar-refractivity contribution >= 4 is 6.03 Å². The molecular weight excluding hydrogens is 536 g/mol. The van der Waals surface area contributed by atoms with Gasteiger partial charge in [0, 0.05) is 31.0 Å². The van der Waals surface area contributed by atoms with Gasteiger partial charge in [-0.2, -0.15) is 0 Å². The van der Waals surface area contributed by atoms with Gasteiger partial charge in [-0.05, 0) is 105 Å². The molecule has 0 radical (unpaired) electrons. The molecule has 6 rings (SSSR count). The SMILES string of the molecule is CCCC[C@H](C[C@H]1CC[C@@H]2[C@H](CC[C@]3(C)[C@@H]4[C@H](C[C@@H]23)O[C@]2(CC[C@H](C)CO2)[C@H]4C)C1)NC(=O)N(CCO)C1CCCCC1. The lowest BCUT2D eigenvalue weighted by Gasteiger charge is -2.53. The number of rotatable bonds is 9. The molecule has 0 bridgehead atoms. The molecule has 2 aliphatic heterocycles. The molecule has 6 nitrogen and oxygen atoms in total. The number of unbranched alkanes of at least 4 members (excludes halogenated alkanes) is 1. The zero-order valence-electron chi connectivity index (χ0n) is 28.0. The van der Waals surface area contributed by atoms with Crippen molar-refractivity contribution in [3.05, 3.63) is 0 Å². The monoisotopic (exact) mass is 600 g/mol. The molecule has 4 aliphatic carbocycles. The van der Waals surface area contributed by atoms with Gasteiger partial charge in [-0.15, -0.1) is 0 Å². The molecule has 6 aliphatic rings. The van der Waals surface area contributed by atoms with E-state index in [1.54, 1.807) is 0 Å². The van der Waals surface area contributed by atoms with Crippen LogP contribution in [0.2, 0.25) is 0 Å². The molecule has 0 aromatic carbocycles. The molecule has 2 saturated heterocycles. The van der Waals surface area contributed by atoms with E-state index in [1.165, 1.54) is 77.0 Å². The minimum Gasteiger partial charge on any atom is -0.395 e. The van der Waals surface area contributed by atoms with E-state index in [0.717, 1.165) is 56.5 Å². The minimum atomic E-state index is -0.313. The van der Waals surface area contributed by atoms with Crippen LogP contribution in [0.4, 0.5) is 4.79 Å². The average molecular weight is 601 g/mol. The van der Waals surface area contributed by atoms with Crippen LogP contribution in [0.1, 0.15) is 137 Å². The highest BCUT2D eigenvalue weighted by Gasteiger charge is 2.67. The molecule has 6 fully saturated rings. The van der Waals surface area contributed by atoms with Crippen LogP contribution in [0.15, 0.2) is 0 Å². The maximum atomic E-state index is 13.6. The topological polar surface area (TPSA) is 71.0 Å². The van der Waals surface area contributed by atoms with Crippen LogP contribution in [-0.2, 0) is 9.47 Å². The van der Waals surface area contributed by atoms with E-state index in [1.807, 2.05) is 4.90 Å². The largest absolute Gasteiger partial charge is 0.395 e. The first-order chi connectivity index (χ1) is 20.8. The first kappa shape index (κ1) is 32.1. The molecule has 0 unspecified atom stereocenters. The molecule has 6 heteroatoms. The van der Waals surface area contributed by atoms with Crippen molar-refractivity contribution in [1.82, 2.24) is 10.2 Å². The van der Waals surface area contributed by atoms with Crippen molar-refractivity contribution < 1.29 is 19.4 Å². The molecule has 246 valence electrons. The maximum absolute atomic E-state index is 13.6. The third-order valence-corrected chi connectivity index (χ3v) is 13.9. The van der Waals surface area contributed by atoms with Gasteiger partial charge in [-0.3, -0.25) is 0 Å². The van der Waals surface area contributed by atoms with Crippen LogP contribution in [0.5, 0.6) is 0 Å². The van der Waals surface area contributed by atoms with Crippen LogP contribution >= 0.6 is 0 Å². The van der Waals surface area contributed by atoms with Crippen molar-refractivity contribution in [2.45, 2.75) is 161 Å². The van der Waals surface area contributed by atoms with E-state index in [4.69, 9.17) is 9.47 Å². The van der Waals surface area contributed by atoms with Gasteiger partial charge >= 0.3 is 6.03 Å². The number of fused-ring (bicyclic) bond motifs is 5. The molecule has 2 N–H and O–H groups in total. The van der Waals surface area contributed by atoms with Crippen molar-refractivity contribution in [2.75, 3.05) is 19.8 Å². The summed E-state index contributed by atoms with van der Waals surface area (Å²) in [6.45, 7) is 11.0. The summed E-state index contributed by atoms with van der Waals surface area (Å²) >= 11 is 0.